The Hall–Kier alpha value is -3.60. The van der Waals surface area contributed by atoms with E-state index in [1.165, 1.54) is 0 Å². The van der Waals surface area contributed by atoms with Crippen LogP contribution in [0.2, 0.25) is 0 Å². The Morgan fingerprint density at radius 2 is 1.48 bits per heavy atom. The van der Waals surface area contributed by atoms with Gasteiger partial charge in [-0.1, -0.05) is 67.6 Å². The predicted octanol–water partition coefficient (Wildman–Crippen LogP) is 5.15. The van der Waals surface area contributed by atoms with Crippen LogP contribution in [0.4, 0.5) is 5.69 Å². The molecule has 0 spiro atoms. The van der Waals surface area contributed by atoms with Crippen molar-refractivity contribution < 1.29 is 19.1 Å². The van der Waals surface area contributed by atoms with Gasteiger partial charge in [-0.2, -0.15) is 0 Å². The van der Waals surface area contributed by atoms with Crippen molar-refractivity contribution in [3.8, 4) is 11.5 Å². The van der Waals surface area contributed by atoms with Crippen molar-refractivity contribution in [1.29, 1.82) is 0 Å². The van der Waals surface area contributed by atoms with Gasteiger partial charge in [0.2, 0.25) is 0 Å². The number of esters is 1. The van der Waals surface area contributed by atoms with Gasteiger partial charge in [0.25, 0.3) is 5.91 Å². The number of anilines is 1. The van der Waals surface area contributed by atoms with Crippen LogP contribution in [0, 0.1) is 0 Å². The summed E-state index contributed by atoms with van der Waals surface area (Å²) < 4.78 is 11.1. The van der Waals surface area contributed by atoms with Crippen LogP contribution in [-0.2, 0) is 14.3 Å². The Morgan fingerprint density at radius 1 is 0.862 bits per heavy atom. The number of ether oxygens (including phenoxy) is 2. The second-order valence-corrected chi connectivity index (χ2v) is 6.44. The first kappa shape index (κ1) is 20.1. The van der Waals surface area contributed by atoms with Gasteiger partial charge in [0.15, 0.2) is 12.4 Å². The molecule has 3 rings (SSSR count). The smallest absolute Gasteiger partial charge is 0.313 e. The Kier molecular flexibility index (Phi) is 7.00. The topological polar surface area (TPSA) is 64.6 Å². The lowest BCUT2D eigenvalue weighted by Crippen LogP contribution is -2.24. The highest BCUT2D eigenvalue weighted by Crippen LogP contribution is 2.29. The van der Waals surface area contributed by atoms with Gasteiger partial charge in [0, 0.05) is 0 Å². The number of hydrogen-bond acceptors (Lipinski definition) is 4. The zero-order valence-electron chi connectivity index (χ0n) is 16.2. The van der Waals surface area contributed by atoms with Crippen LogP contribution in [0.5, 0.6) is 11.5 Å². The third-order valence-corrected chi connectivity index (χ3v) is 4.37. The summed E-state index contributed by atoms with van der Waals surface area (Å²) >= 11 is 0. The largest absolute Gasteiger partial charge is 0.455 e. The minimum absolute atomic E-state index is 0.359. The van der Waals surface area contributed by atoms with Crippen molar-refractivity contribution in [2.75, 3.05) is 11.9 Å². The summed E-state index contributed by atoms with van der Waals surface area (Å²) in [7, 11) is 0. The highest BCUT2D eigenvalue weighted by Gasteiger charge is 2.21. The second kappa shape index (κ2) is 10.1. The molecule has 5 nitrogen and oxygen atoms in total. The van der Waals surface area contributed by atoms with Crippen molar-refractivity contribution in [2.24, 2.45) is 0 Å². The van der Waals surface area contributed by atoms with E-state index < -0.39 is 17.8 Å². The number of carbonyl (C=O) groups is 2. The number of nitrogens with one attached hydrogen (secondary N) is 1. The van der Waals surface area contributed by atoms with Gasteiger partial charge >= 0.3 is 5.97 Å². The Labute approximate surface area is 170 Å². The van der Waals surface area contributed by atoms with Gasteiger partial charge in [-0.05, 0) is 36.2 Å². The van der Waals surface area contributed by atoms with Crippen LogP contribution >= 0.6 is 0 Å². The van der Waals surface area contributed by atoms with E-state index in [1.54, 1.807) is 18.2 Å². The molecule has 0 heterocycles. The molecule has 0 radical (unpaired) electrons. The first-order valence-corrected chi connectivity index (χ1v) is 9.50. The zero-order chi connectivity index (χ0) is 20.5. The monoisotopic (exact) mass is 389 g/mol. The van der Waals surface area contributed by atoms with E-state index in [0.717, 1.165) is 5.56 Å². The van der Waals surface area contributed by atoms with E-state index in [4.69, 9.17) is 9.47 Å². The molecule has 3 aromatic rings. The van der Waals surface area contributed by atoms with Crippen LogP contribution in [0.15, 0.2) is 84.9 Å². The van der Waals surface area contributed by atoms with Crippen LogP contribution in [-0.4, -0.2) is 18.5 Å². The molecule has 0 saturated heterocycles. The fourth-order valence-electron chi connectivity index (χ4n) is 2.92. The molecule has 0 aromatic heterocycles. The van der Waals surface area contributed by atoms with Gasteiger partial charge in [-0.15, -0.1) is 0 Å². The van der Waals surface area contributed by atoms with Crippen LogP contribution in [0.3, 0.4) is 0 Å². The lowest BCUT2D eigenvalue weighted by molar-refractivity contribution is -0.149. The first-order chi connectivity index (χ1) is 14.2. The standard InChI is InChI=1S/C24H23NO4/c1-2-20(18-11-5-3-6-12-18)24(27)28-17-23(26)25-21-15-9-10-16-22(21)29-19-13-7-4-8-14-19/h3-16,20H,2,17H2,1H3,(H,25,26). The van der Waals surface area contributed by atoms with Crippen molar-refractivity contribution in [2.45, 2.75) is 19.3 Å². The van der Waals surface area contributed by atoms with Crippen molar-refractivity contribution in [3.05, 3.63) is 90.5 Å². The summed E-state index contributed by atoms with van der Waals surface area (Å²) in [5.74, 6) is -0.0610. The molecule has 0 saturated carbocycles. The van der Waals surface area contributed by atoms with Crippen LogP contribution < -0.4 is 10.1 Å². The van der Waals surface area contributed by atoms with Gasteiger partial charge in [0.05, 0.1) is 11.6 Å². The number of carbonyl (C=O) groups excluding carboxylic acids is 2. The average Bonchev–Trinajstić information content (AvgIpc) is 2.76. The van der Waals surface area contributed by atoms with E-state index >= 15 is 0 Å². The summed E-state index contributed by atoms with van der Waals surface area (Å²) in [6, 6.07) is 25.8. The molecule has 29 heavy (non-hydrogen) atoms. The first-order valence-electron chi connectivity index (χ1n) is 9.50. The predicted molar refractivity (Wildman–Crippen MR) is 112 cm³/mol. The molecule has 5 heteroatoms. The van der Waals surface area contributed by atoms with Gasteiger partial charge in [-0.25, -0.2) is 0 Å². The minimum Gasteiger partial charge on any atom is -0.455 e. The van der Waals surface area contributed by atoms with Gasteiger partial charge < -0.3 is 14.8 Å². The molecule has 1 atom stereocenters. The highest BCUT2D eigenvalue weighted by atomic mass is 16.5. The van der Waals surface area contributed by atoms with E-state index in [1.807, 2.05) is 73.7 Å². The Bertz CT molecular complexity index is 941. The Balaban J connectivity index is 1.59. The summed E-state index contributed by atoms with van der Waals surface area (Å²) in [4.78, 5) is 24.7. The lowest BCUT2D eigenvalue weighted by atomic mass is 9.97. The molecular formula is C24H23NO4. The molecule has 1 amide bonds. The molecule has 148 valence electrons. The normalized spacial score (nSPS) is 11.3. The van der Waals surface area contributed by atoms with Gasteiger partial charge in [0.1, 0.15) is 5.75 Å². The van der Waals surface area contributed by atoms with Crippen molar-refractivity contribution in [3.63, 3.8) is 0 Å². The molecular weight excluding hydrogens is 366 g/mol. The van der Waals surface area contributed by atoms with Crippen molar-refractivity contribution >= 4 is 17.6 Å². The molecule has 0 bridgehead atoms. The maximum Gasteiger partial charge on any atom is 0.313 e. The maximum absolute atomic E-state index is 12.4. The quantitative estimate of drug-likeness (QED) is 0.541. The van der Waals surface area contributed by atoms with E-state index in [-0.39, 0.29) is 6.61 Å². The van der Waals surface area contributed by atoms with Crippen molar-refractivity contribution in [1.82, 2.24) is 0 Å². The molecule has 0 fully saturated rings. The number of benzene rings is 3. The fraction of sp³-hybridized carbons (Fsp3) is 0.167. The number of amides is 1. The SMILES string of the molecule is CCC(C(=O)OCC(=O)Nc1ccccc1Oc1ccccc1)c1ccccc1. The maximum atomic E-state index is 12.4. The molecule has 1 unspecified atom stereocenters. The fourth-order valence-corrected chi connectivity index (χ4v) is 2.92. The summed E-state index contributed by atoms with van der Waals surface area (Å²) in [6.07, 6.45) is 0.595. The van der Waals surface area contributed by atoms with Crippen LogP contribution in [0.1, 0.15) is 24.8 Å². The number of rotatable bonds is 8. The van der Waals surface area contributed by atoms with Crippen LogP contribution in [0.25, 0.3) is 0 Å². The highest BCUT2D eigenvalue weighted by molar-refractivity contribution is 5.94. The lowest BCUT2D eigenvalue weighted by Gasteiger charge is -2.15. The second-order valence-electron chi connectivity index (χ2n) is 6.44. The summed E-state index contributed by atoms with van der Waals surface area (Å²) in [5, 5.41) is 2.74. The zero-order valence-corrected chi connectivity index (χ0v) is 16.2. The van der Waals surface area contributed by atoms with E-state index in [2.05, 4.69) is 5.32 Å². The Morgan fingerprint density at radius 3 is 2.17 bits per heavy atom. The molecule has 3 aromatic carbocycles. The summed E-state index contributed by atoms with van der Waals surface area (Å²) in [6.45, 7) is 1.55. The van der Waals surface area contributed by atoms with Gasteiger partial charge in [-0.3, -0.25) is 9.59 Å². The van der Waals surface area contributed by atoms with E-state index in [9.17, 15) is 9.59 Å². The summed E-state index contributed by atoms with van der Waals surface area (Å²) in [5.41, 5.74) is 1.38. The molecule has 1 N–H and O–H groups in total. The third-order valence-electron chi connectivity index (χ3n) is 4.37. The minimum atomic E-state index is -0.426. The number of para-hydroxylation sites is 3. The third kappa shape index (κ3) is 5.69. The molecule has 0 aliphatic carbocycles. The molecule has 0 aliphatic heterocycles. The van der Waals surface area contributed by atoms with E-state index in [0.29, 0.717) is 23.6 Å². The molecule has 0 aliphatic rings. The number of hydrogen-bond donors (Lipinski definition) is 1. The average molecular weight is 389 g/mol.